The molecule has 0 aliphatic carbocycles. The first kappa shape index (κ1) is 22.3. The van der Waals surface area contributed by atoms with Crippen molar-refractivity contribution >= 4 is 33.4 Å². The molecule has 0 heterocycles. The number of thioether (sulfide) groups is 1. The van der Waals surface area contributed by atoms with Crippen LogP contribution in [0, 0.1) is 13.8 Å². The van der Waals surface area contributed by atoms with Gasteiger partial charge >= 0.3 is 0 Å². The Bertz CT molecular complexity index is 879. The Balaban J connectivity index is 1.88. The molecular weight excluding hydrogens is 392 g/mol. The van der Waals surface area contributed by atoms with Crippen LogP contribution in [0.4, 0.5) is 5.69 Å². The van der Waals surface area contributed by atoms with E-state index in [4.69, 9.17) is 0 Å². The number of hydrogen-bond donors (Lipinski definition) is 1. The highest BCUT2D eigenvalue weighted by Gasteiger charge is 2.28. The quantitative estimate of drug-likeness (QED) is 0.631. The lowest BCUT2D eigenvalue weighted by Crippen LogP contribution is -2.48. The molecule has 0 aromatic heterocycles. The molecule has 0 aliphatic rings. The van der Waals surface area contributed by atoms with Crippen LogP contribution in [0.2, 0.25) is 0 Å². The summed E-state index contributed by atoms with van der Waals surface area (Å²) in [7, 11) is -3.58. The van der Waals surface area contributed by atoms with Crippen LogP contribution in [0.15, 0.2) is 48.5 Å². The molecule has 1 amide bonds. The number of amides is 1. The zero-order chi connectivity index (χ0) is 20.7. The van der Waals surface area contributed by atoms with E-state index in [-0.39, 0.29) is 5.91 Å². The molecule has 0 aliphatic heterocycles. The van der Waals surface area contributed by atoms with Crippen LogP contribution in [0.25, 0.3) is 0 Å². The van der Waals surface area contributed by atoms with E-state index in [0.717, 1.165) is 23.3 Å². The van der Waals surface area contributed by atoms with Gasteiger partial charge in [-0.25, -0.2) is 8.42 Å². The Hall–Kier alpha value is -1.99. The predicted octanol–water partition coefficient (Wildman–Crippen LogP) is 3.51. The third-order valence-electron chi connectivity index (χ3n) is 4.31. The monoisotopic (exact) mass is 420 g/mol. The summed E-state index contributed by atoms with van der Waals surface area (Å²) in [5.74, 6) is 1.34. The fraction of sp³-hybridized carbons (Fsp3) is 0.381. The van der Waals surface area contributed by atoms with Gasteiger partial charge in [-0.3, -0.25) is 9.10 Å². The number of sulfonamides is 1. The van der Waals surface area contributed by atoms with E-state index in [1.54, 1.807) is 30.8 Å². The molecule has 1 N–H and O–H groups in total. The molecule has 5 nitrogen and oxygen atoms in total. The van der Waals surface area contributed by atoms with Gasteiger partial charge in [0.05, 0.1) is 11.9 Å². The van der Waals surface area contributed by atoms with Gasteiger partial charge in [0.1, 0.15) is 6.04 Å². The maximum atomic E-state index is 12.5. The second-order valence-electron chi connectivity index (χ2n) is 6.90. The number of hydrogen-bond acceptors (Lipinski definition) is 4. The third-order valence-corrected chi connectivity index (χ3v) is 6.58. The van der Waals surface area contributed by atoms with Crippen LogP contribution in [0.1, 0.15) is 23.6 Å². The van der Waals surface area contributed by atoms with Crippen molar-refractivity contribution in [2.45, 2.75) is 32.6 Å². The Morgan fingerprint density at radius 1 is 1.04 bits per heavy atom. The Morgan fingerprint density at radius 2 is 1.57 bits per heavy atom. The van der Waals surface area contributed by atoms with Gasteiger partial charge in [0.2, 0.25) is 15.9 Å². The summed E-state index contributed by atoms with van der Waals surface area (Å²) in [4.78, 5) is 12.5. The molecular formula is C21H28N2O3S2. The number of anilines is 1. The van der Waals surface area contributed by atoms with E-state index in [9.17, 15) is 13.2 Å². The minimum absolute atomic E-state index is 0.304. The topological polar surface area (TPSA) is 66.5 Å². The first-order chi connectivity index (χ1) is 13.2. The zero-order valence-corrected chi connectivity index (χ0v) is 18.4. The summed E-state index contributed by atoms with van der Waals surface area (Å²) in [6, 6.07) is 14.7. The van der Waals surface area contributed by atoms with E-state index < -0.39 is 16.1 Å². The summed E-state index contributed by atoms with van der Waals surface area (Å²) in [5, 5.41) is 2.85. The first-order valence-electron chi connectivity index (χ1n) is 9.15. The molecule has 0 spiro atoms. The van der Waals surface area contributed by atoms with Crippen molar-refractivity contribution in [3.05, 3.63) is 65.2 Å². The normalized spacial score (nSPS) is 12.4. The van der Waals surface area contributed by atoms with Crippen LogP contribution in [-0.2, 0) is 20.6 Å². The molecule has 0 bridgehead atoms. The number of carbonyl (C=O) groups is 1. The van der Waals surface area contributed by atoms with Gasteiger partial charge in [0, 0.05) is 18.1 Å². The van der Waals surface area contributed by atoms with E-state index in [1.165, 1.54) is 15.4 Å². The molecule has 7 heteroatoms. The maximum Gasteiger partial charge on any atom is 0.243 e. The van der Waals surface area contributed by atoms with Crippen molar-refractivity contribution in [2.24, 2.45) is 0 Å². The molecule has 0 radical (unpaired) electrons. The number of nitrogens with zero attached hydrogens (tertiary/aromatic N) is 1. The number of benzene rings is 2. The SMILES string of the molecule is Cc1ccc(CSCCNC(=O)[C@H](C)N(c2ccc(C)cc2)S(C)(=O)=O)cc1. The lowest BCUT2D eigenvalue weighted by molar-refractivity contribution is -0.121. The van der Waals surface area contributed by atoms with Gasteiger partial charge in [-0.05, 0) is 38.5 Å². The lowest BCUT2D eigenvalue weighted by Gasteiger charge is -2.28. The van der Waals surface area contributed by atoms with Crippen molar-refractivity contribution in [3.8, 4) is 0 Å². The van der Waals surface area contributed by atoms with Crippen LogP contribution in [0.5, 0.6) is 0 Å². The molecule has 2 aromatic carbocycles. The van der Waals surface area contributed by atoms with E-state index in [0.29, 0.717) is 12.2 Å². The zero-order valence-electron chi connectivity index (χ0n) is 16.8. The second kappa shape index (κ2) is 9.98. The highest BCUT2D eigenvalue weighted by atomic mass is 32.2. The molecule has 0 saturated carbocycles. The van der Waals surface area contributed by atoms with E-state index in [2.05, 4.69) is 36.5 Å². The smallest absolute Gasteiger partial charge is 0.243 e. The van der Waals surface area contributed by atoms with Crippen molar-refractivity contribution in [1.82, 2.24) is 5.32 Å². The minimum atomic E-state index is -3.58. The third kappa shape index (κ3) is 6.56. The number of rotatable bonds is 9. The van der Waals surface area contributed by atoms with Crippen LogP contribution in [-0.4, -0.2) is 38.9 Å². The van der Waals surface area contributed by atoms with Gasteiger partial charge in [0.15, 0.2) is 0 Å². The van der Waals surface area contributed by atoms with E-state index >= 15 is 0 Å². The van der Waals surface area contributed by atoms with Crippen LogP contribution in [0.3, 0.4) is 0 Å². The minimum Gasteiger partial charge on any atom is -0.353 e. The molecule has 0 fully saturated rings. The summed E-state index contributed by atoms with van der Waals surface area (Å²) in [6.07, 6.45) is 1.12. The molecule has 1 atom stereocenters. The summed E-state index contributed by atoms with van der Waals surface area (Å²) in [6.45, 7) is 6.09. The Morgan fingerprint density at radius 3 is 2.11 bits per heavy atom. The second-order valence-corrected chi connectivity index (χ2v) is 9.86. The van der Waals surface area contributed by atoms with Crippen molar-refractivity contribution < 1.29 is 13.2 Å². The van der Waals surface area contributed by atoms with Gasteiger partial charge in [-0.1, -0.05) is 47.5 Å². The highest BCUT2D eigenvalue weighted by Crippen LogP contribution is 2.21. The average molecular weight is 421 g/mol. The van der Waals surface area contributed by atoms with Gasteiger partial charge in [0.25, 0.3) is 0 Å². The Kier molecular flexibility index (Phi) is 7.95. The van der Waals surface area contributed by atoms with Gasteiger partial charge < -0.3 is 5.32 Å². The molecule has 0 unspecified atom stereocenters. The molecule has 152 valence electrons. The molecule has 28 heavy (non-hydrogen) atoms. The van der Waals surface area contributed by atoms with Crippen molar-refractivity contribution in [3.63, 3.8) is 0 Å². The average Bonchev–Trinajstić information content (AvgIpc) is 2.63. The fourth-order valence-electron chi connectivity index (χ4n) is 2.77. The summed E-state index contributed by atoms with van der Waals surface area (Å²) >= 11 is 1.73. The highest BCUT2D eigenvalue weighted by molar-refractivity contribution is 7.98. The first-order valence-corrected chi connectivity index (χ1v) is 12.2. The number of aryl methyl sites for hydroxylation is 2. The van der Waals surface area contributed by atoms with Gasteiger partial charge in [-0.2, -0.15) is 11.8 Å². The number of carbonyl (C=O) groups excluding carboxylic acids is 1. The Labute approximate surface area is 172 Å². The van der Waals surface area contributed by atoms with E-state index in [1.807, 2.05) is 19.1 Å². The van der Waals surface area contributed by atoms with Crippen molar-refractivity contribution in [1.29, 1.82) is 0 Å². The largest absolute Gasteiger partial charge is 0.353 e. The predicted molar refractivity (Wildman–Crippen MR) is 118 cm³/mol. The molecule has 0 saturated heterocycles. The molecule has 2 aromatic rings. The number of nitrogens with one attached hydrogen (secondary N) is 1. The lowest BCUT2D eigenvalue weighted by atomic mass is 10.2. The van der Waals surface area contributed by atoms with Crippen LogP contribution >= 0.6 is 11.8 Å². The summed E-state index contributed by atoms with van der Waals surface area (Å²) < 4.78 is 25.7. The standard InChI is InChI=1S/C21H28N2O3S2/c1-16-5-9-19(10-6-16)15-27-14-13-22-21(24)18(3)23(28(4,25)26)20-11-7-17(2)8-12-20/h5-12,18H,13-15H2,1-4H3,(H,22,24)/t18-/m0/s1. The fourth-order valence-corrected chi connectivity index (χ4v) is 4.76. The van der Waals surface area contributed by atoms with Crippen LogP contribution < -0.4 is 9.62 Å². The van der Waals surface area contributed by atoms with Crippen molar-refractivity contribution in [2.75, 3.05) is 22.9 Å². The molecule has 2 rings (SSSR count). The summed E-state index contributed by atoms with van der Waals surface area (Å²) in [5.41, 5.74) is 4.00. The van der Waals surface area contributed by atoms with Gasteiger partial charge in [-0.15, -0.1) is 0 Å². The maximum absolute atomic E-state index is 12.5.